The highest BCUT2D eigenvalue weighted by Crippen LogP contribution is 2.34. The lowest BCUT2D eigenvalue weighted by atomic mass is 9.84. The van der Waals surface area contributed by atoms with E-state index in [0.717, 1.165) is 55.9 Å². The van der Waals surface area contributed by atoms with Crippen LogP contribution in [0, 0.1) is 6.92 Å². The molecule has 0 radical (unpaired) electrons. The van der Waals surface area contributed by atoms with Gasteiger partial charge in [-0.25, -0.2) is 0 Å². The Hall–Kier alpha value is -2.53. The Balaban J connectivity index is 1.49. The van der Waals surface area contributed by atoms with Crippen molar-refractivity contribution in [3.8, 4) is 11.4 Å². The Kier molecular flexibility index (Phi) is 3.82. The molecule has 5 nitrogen and oxygen atoms in total. The molecule has 5 heteroatoms. The first-order valence-electron chi connectivity index (χ1n) is 9.38. The summed E-state index contributed by atoms with van der Waals surface area (Å²) in [4.78, 5) is 9.37. The van der Waals surface area contributed by atoms with Crippen LogP contribution in [0.3, 0.4) is 0 Å². The largest absolute Gasteiger partial charge is 0.339 e. The van der Waals surface area contributed by atoms with Crippen molar-refractivity contribution < 1.29 is 4.52 Å². The van der Waals surface area contributed by atoms with Gasteiger partial charge in [-0.05, 0) is 61.4 Å². The highest BCUT2D eigenvalue weighted by atomic mass is 16.5. The van der Waals surface area contributed by atoms with Gasteiger partial charge < -0.3 is 9.84 Å². The van der Waals surface area contributed by atoms with Crippen LogP contribution in [0.5, 0.6) is 0 Å². The summed E-state index contributed by atoms with van der Waals surface area (Å²) in [5.74, 6) is 1.77. The van der Waals surface area contributed by atoms with E-state index < -0.39 is 0 Å². The summed E-state index contributed by atoms with van der Waals surface area (Å²) in [6.07, 6.45) is 6.07. The Labute approximate surface area is 152 Å². The third-order valence-corrected chi connectivity index (χ3v) is 5.69. The molecular weight excluding hydrogens is 324 g/mol. The molecule has 1 aliphatic heterocycles. The first-order chi connectivity index (χ1) is 12.8. The molecule has 0 saturated heterocycles. The fraction of sp³-hybridized carbons (Fsp3) is 0.381. The number of aryl methyl sites for hydroxylation is 2. The second-order valence-electron chi connectivity index (χ2n) is 7.31. The van der Waals surface area contributed by atoms with Crippen molar-refractivity contribution in [2.75, 3.05) is 6.54 Å². The lowest BCUT2D eigenvalue weighted by molar-refractivity contribution is 0.341. The molecular formula is C21H22N4O. The molecule has 5 rings (SSSR count). The van der Waals surface area contributed by atoms with Crippen LogP contribution in [0.15, 0.2) is 35.0 Å². The van der Waals surface area contributed by atoms with E-state index in [0.29, 0.717) is 11.7 Å². The van der Waals surface area contributed by atoms with Gasteiger partial charge in [0.25, 0.3) is 0 Å². The van der Waals surface area contributed by atoms with Gasteiger partial charge in [-0.1, -0.05) is 29.4 Å². The van der Waals surface area contributed by atoms with E-state index in [4.69, 9.17) is 9.51 Å². The van der Waals surface area contributed by atoms with E-state index in [2.05, 4.69) is 39.7 Å². The normalized spacial score (nSPS) is 19.0. The van der Waals surface area contributed by atoms with Crippen LogP contribution in [-0.4, -0.2) is 21.7 Å². The molecule has 0 amide bonds. The zero-order valence-electron chi connectivity index (χ0n) is 15.0. The molecule has 26 heavy (non-hydrogen) atoms. The predicted octanol–water partition coefficient (Wildman–Crippen LogP) is 3.36. The van der Waals surface area contributed by atoms with Gasteiger partial charge in [-0.15, -0.1) is 0 Å². The minimum atomic E-state index is 0.306. The summed E-state index contributed by atoms with van der Waals surface area (Å²) in [5, 5.41) is 7.74. The van der Waals surface area contributed by atoms with Gasteiger partial charge in [0.1, 0.15) is 0 Å². The maximum atomic E-state index is 5.72. The van der Waals surface area contributed by atoms with Gasteiger partial charge in [0.15, 0.2) is 0 Å². The van der Waals surface area contributed by atoms with Crippen molar-refractivity contribution in [3.05, 3.63) is 64.3 Å². The first kappa shape index (κ1) is 15.7. The van der Waals surface area contributed by atoms with Crippen LogP contribution in [0.4, 0.5) is 0 Å². The fourth-order valence-corrected chi connectivity index (χ4v) is 4.28. The molecule has 3 heterocycles. The van der Waals surface area contributed by atoms with E-state index in [1.807, 2.05) is 13.1 Å². The summed E-state index contributed by atoms with van der Waals surface area (Å²) in [6.45, 7) is 3.87. The number of aromatic nitrogens is 3. The molecule has 0 bridgehead atoms. The minimum absolute atomic E-state index is 0.306. The molecule has 132 valence electrons. The number of fused-ring (bicyclic) bond motifs is 2. The van der Waals surface area contributed by atoms with Crippen LogP contribution in [0.2, 0.25) is 0 Å². The molecule has 1 atom stereocenters. The third kappa shape index (κ3) is 2.63. The number of hydrogen-bond donors (Lipinski definition) is 1. The van der Waals surface area contributed by atoms with Crippen LogP contribution >= 0.6 is 0 Å². The van der Waals surface area contributed by atoms with Crippen molar-refractivity contribution in [2.45, 2.75) is 45.1 Å². The van der Waals surface area contributed by atoms with Gasteiger partial charge in [-0.2, -0.15) is 4.98 Å². The van der Waals surface area contributed by atoms with E-state index in [-0.39, 0.29) is 0 Å². The second-order valence-corrected chi connectivity index (χ2v) is 7.31. The molecule has 0 spiro atoms. The first-order valence-corrected chi connectivity index (χ1v) is 9.38. The van der Waals surface area contributed by atoms with Crippen molar-refractivity contribution in [2.24, 2.45) is 0 Å². The zero-order valence-corrected chi connectivity index (χ0v) is 15.0. The molecule has 1 aliphatic carbocycles. The smallest absolute Gasteiger partial charge is 0.230 e. The zero-order chi connectivity index (χ0) is 17.5. The maximum absolute atomic E-state index is 5.72. The standard InChI is InChI=1S/C21H22N4O/c1-13-19(18-8-9-22-11-17(18)12-23-13)20-24-21(26-25-20)16-7-6-14-4-2-3-5-15(14)10-16/h2-5,12,16,22H,6-11H2,1H3. The number of hydrogen-bond acceptors (Lipinski definition) is 5. The highest BCUT2D eigenvalue weighted by Gasteiger charge is 2.27. The number of benzene rings is 1. The van der Waals surface area contributed by atoms with Gasteiger partial charge in [-0.3, -0.25) is 4.98 Å². The van der Waals surface area contributed by atoms with Gasteiger partial charge in [0.05, 0.1) is 0 Å². The molecule has 3 aromatic rings. The van der Waals surface area contributed by atoms with E-state index in [1.165, 1.54) is 22.3 Å². The molecule has 0 saturated carbocycles. The van der Waals surface area contributed by atoms with Crippen LogP contribution in [0.25, 0.3) is 11.4 Å². The summed E-state index contributed by atoms with van der Waals surface area (Å²) in [6, 6.07) is 8.67. The number of pyridine rings is 1. The minimum Gasteiger partial charge on any atom is -0.339 e. The molecule has 1 N–H and O–H groups in total. The second kappa shape index (κ2) is 6.32. The summed E-state index contributed by atoms with van der Waals surface area (Å²) >= 11 is 0. The molecule has 2 aliphatic rings. The van der Waals surface area contributed by atoms with E-state index >= 15 is 0 Å². The maximum Gasteiger partial charge on any atom is 0.230 e. The Morgan fingerprint density at radius 2 is 2.00 bits per heavy atom. The number of rotatable bonds is 2. The topological polar surface area (TPSA) is 63.8 Å². The lowest BCUT2D eigenvalue weighted by Crippen LogP contribution is -2.24. The van der Waals surface area contributed by atoms with Crippen molar-refractivity contribution in [1.82, 2.24) is 20.4 Å². The van der Waals surface area contributed by atoms with Gasteiger partial charge in [0.2, 0.25) is 11.7 Å². The molecule has 0 fully saturated rings. The summed E-state index contributed by atoms with van der Waals surface area (Å²) in [5.41, 5.74) is 7.47. The number of nitrogens with zero attached hydrogens (tertiary/aromatic N) is 3. The molecule has 2 aromatic heterocycles. The predicted molar refractivity (Wildman–Crippen MR) is 98.9 cm³/mol. The average molecular weight is 346 g/mol. The SMILES string of the molecule is Cc1ncc2c(c1-c1noc(C3CCc4ccccc4C3)n1)CCNC2. The van der Waals surface area contributed by atoms with Gasteiger partial charge in [0, 0.05) is 29.9 Å². The van der Waals surface area contributed by atoms with E-state index in [9.17, 15) is 0 Å². The monoisotopic (exact) mass is 346 g/mol. The van der Waals surface area contributed by atoms with Crippen LogP contribution in [-0.2, 0) is 25.8 Å². The Morgan fingerprint density at radius 3 is 2.92 bits per heavy atom. The Morgan fingerprint density at radius 1 is 1.12 bits per heavy atom. The summed E-state index contributed by atoms with van der Waals surface area (Å²) in [7, 11) is 0. The van der Waals surface area contributed by atoms with Crippen molar-refractivity contribution >= 4 is 0 Å². The van der Waals surface area contributed by atoms with Crippen LogP contribution < -0.4 is 5.32 Å². The van der Waals surface area contributed by atoms with Crippen LogP contribution in [0.1, 0.15) is 46.2 Å². The highest BCUT2D eigenvalue weighted by molar-refractivity contribution is 5.64. The third-order valence-electron chi connectivity index (χ3n) is 5.69. The number of nitrogens with one attached hydrogen (secondary N) is 1. The van der Waals surface area contributed by atoms with E-state index in [1.54, 1.807) is 0 Å². The molecule has 1 unspecified atom stereocenters. The van der Waals surface area contributed by atoms with Gasteiger partial charge >= 0.3 is 0 Å². The fourth-order valence-electron chi connectivity index (χ4n) is 4.28. The Bertz CT molecular complexity index is 962. The van der Waals surface area contributed by atoms with Crippen molar-refractivity contribution in [3.63, 3.8) is 0 Å². The van der Waals surface area contributed by atoms with Crippen molar-refractivity contribution in [1.29, 1.82) is 0 Å². The molecule has 1 aromatic carbocycles. The summed E-state index contributed by atoms with van der Waals surface area (Å²) < 4.78 is 5.72. The quantitative estimate of drug-likeness (QED) is 0.771. The average Bonchev–Trinajstić information content (AvgIpc) is 3.17. The lowest BCUT2D eigenvalue weighted by Gasteiger charge is -2.21.